The molecule has 1 aromatic heterocycles. The topological polar surface area (TPSA) is 64.0 Å². The van der Waals surface area contributed by atoms with Crippen molar-refractivity contribution in [3.05, 3.63) is 17.2 Å². The quantitative estimate of drug-likeness (QED) is 0.778. The number of hydrogen-bond acceptors (Lipinski definition) is 4. The average molecular weight is 255 g/mol. The van der Waals surface area contributed by atoms with Gasteiger partial charge in [-0.2, -0.15) is 0 Å². The van der Waals surface area contributed by atoms with E-state index in [1.54, 1.807) is 0 Å². The van der Waals surface area contributed by atoms with Gasteiger partial charge in [0, 0.05) is 31.2 Å². The molecule has 1 saturated heterocycles. The first-order valence-electron chi connectivity index (χ1n) is 6.04. The van der Waals surface area contributed by atoms with Crippen LogP contribution in [-0.2, 0) is 22.8 Å². The van der Waals surface area contributed by atoms with Gasteiger partial charge in [0.05, 0.1) is 17.2 Å². The van der Waals surface area contributed by atoms with Crippen molar-refractivity contribution >= 4 is 9.84 Å². The van der Waals surface area contributed by atoms with E-state index >= 15 is 0 Å². The molecule has 1 aromatic rings. The van der Waals surface area contributed by atoms with Gasteiger partial charge in [-0.15, -0.1) is 0 Å². The third-order valence-corrected chi connectivity index (χ3v) is 5.42. The first kappa shape index (κ1) is 11.2. The van der Waals surface area contributed by atoms with Crippen molar-refractivity contribution in [3.8, 4) is 0 Å². The average Bonchev–Trinajstić information content (AvgIpc) is 2.77. The number of aromatic nitrogens is 2. The molecular formula is C11H17N3O2S. The molecule has 2 aliphatic rings. The lowest BCUT2D eigenvalue weighted by Gasteiger charge is -2.19. The number of nitrogens with one attached hydrogen (secondary N) is 1. The predicted molar refractivity (Wildman–Crippen MR) is 64.7 cm³/mol. The standard InChI is InChI=1S/C11H17N3O2S/c1-8-13-10-6-12-4-2-11(10)14(8)9-3-5-17(15,16)7-9/h9,12H,2-7H2,1H3. The zero-order valence-corrected chi connectivity index (χ0v) is 10.8. The van der Waals surface area contributed by atoms with Crippen LogP contribution in [0.25, 0.3) is 0 Å². The highest BCUT2D eigenvalue weighted by Gasteiger charge is 2.32. The van der Waals surface area contributed by atoms with Crippen molar-refractivity contribution in [1.82, 2.24) is 14.9 Å². The molecule has 3 rings (SSSR count). The highest BCUT2D eigenvalue weighted by Crippen LogP contribution is 2.28. The number of sulfone groups is 1. The van der Waals surface area contributed by atoms with Gasteiger partial charge in [-0.05, 0) is 13.3 Å². The first-order valence-corrected chi connectivity index (χ1v) is 7.87. The van der Waals surface area contributed by atoms with E-state index < -0.39 is 9.84 Å². The zero-order chi connectivity index (χ0) is 12.0. The van der Waals surface area contributed by atoms with Gasteiger partial charge in [0.2, 0.25) is 0 Å². The minimum atomic E-state index is -2.83. The van der Waals surface area contributed by atoms with Crippen LogP contribution in [0.2, 0.25) is 0 Å². The van der Waals surface area contributed by atoms with E-state index in [1.807, 2.05) is 6.92 Å². The summed E-state index contributed by atoms with van der Waals surface area (Å²) in [4.78, 5) is 4.55. The lowest BCUT2D eigenvalue weighted by molar-refractivity contribution is 0.507. The fraction of sp³-hybridized carbons (Fsp3) is 0.727. The normalized spacial score (nSPS) is 27.0. The molecule has 5 nitrogen and oxygen atoms in total. The Bertz CT molecular complexity index is 547. The molecule has 3 heterocycles. The Morgan fingerprint density at radius 2 is 2.29 bits per heavy atom. The van der Waals surface area contributed by atoms with E-state index in [0.29, 0.717) is 5.75 Å². The maximum absolute atomic E-state index is 11.6. The second-order valence-electron chi connectivity index (χ2n) is 4.91. The molecule has 0 aromatic carbocycles. The summed E-state index contributed by atoms with van der Waals surface area (Å²) in [5.74, 6) is 1.56. The molecule has 17 heavy (non-hydrogen) atoms. The Balaban J connectivity index is 2.01. The first-order chi connectivity index (χ1) is 8.07. The van der Waals surface area contributed by atoms with Crippen molar-refractivity contribution < 1.29 is 8.42 Å². The molecule has 0 bridgehead atoms. The summed E-state index contributed by atoms with van der Waals surface area (Å²) in [5.41, 5.74) is 2.33. The largest absolute Gasteiger partial charge is 0.328 e. The Morgan fingerprint density at radius 3 is 3.00 bits per heavy atom. The van der Waals surface area contributed by atoms with E-state index in [0.717, 1.165) is 37.4 Å². The molecule has 1 fully saturated rings. The Morgan fingerprint density at radius 1 is 1.47 bits per heavy atom. The molecule has 0 radical (unpaired) electrons. The molecule has 0 spiro atoms. The van der Waals surface area contributed by atoms with Gasteiger partial charge in [-0.25, -0.2) is 13.4 Å². The zero-order valence-electron chi connectivity index (χ0n) is 9.94. The van der Waals surface area contributed by atoms with Crippen molar-refractivity contribution in [2.45, 2.75) is 32.4 Å². The van der Waals surface area contributed by atoms with E-state index in [1.165, 1.54) is 5.69 Å². The Kier molecular flexibility index (Phi) is 2.52. The van der Waals surface area contributed by atoms with Crippen LogP contribution in [0.4, 0.5) is 0 Å². The van der Waals surface area contributed by atoms with Crippen molar-refractivity contribution in [3.63, 3.8) is 0 Å². The summed E-state index contributed by atoms with van der Waals surface area (Å²) in [6, 6.07) is 0.106. The van der Waals surface area contributed by atoms with E-state index in [4.69, 9.17) is 0 Å². The third kappa shape index (κ3) is 1.89. The fourth-order valence-electron chi connectivity index (χ4n) is 2.93. The molecule has 0 aliphatic carbocycles. The van der Waals surface area contributed by atoms with Crippen LogP contribution in [0.5, 0.6) is 0 Å². The second kappa shape index (κ2) is 3.81. The number of aryl methyl sites for hydroxylation is 1. The second-order valence-corrected chi connectivity index (χ2v) is 7.13. The Labute approximate surface area is 101 Å². The van der Waals surface area contributed by atoms with Gasteiger partial charge in [-0.1, -0.05) is 0 Å². The lowest BCUT2D eigenvalue weighted by Crippen LogP contribution is -2.26. The van der Waals surface area contributed by atoms with Crippen molar-refractivity contribution in [1.29, 1.82) is 0 Å². The number of nitrogens with zero attached hydrogens (tertiary/aromatic N) is 2. The summed E-state index contributed by atoms with van der Waals surface area (Å²) in [6.07, 6.45) is 1.69. The maximum atomic E-state index is 11.6. The van der Waals surface area contributed by atoms with Crippen molar-refractivity contribution in [2.24, 2.45) is 0 Å². The van der Waals surface area contributed by atoms with Crippen LogP contribution in [0, 0.1) is 6.92 Å². The monoisotopic (exact) mass is 255 g/mol. The number of hydrogen-bond donors (Lipinski definition) is 1. The lowest BCUT2D eigenvalue weighted by atomic mass is 10.1. The van der Waals surface area contributed by atoms with Gasteiger partial charge in [0.25, 0.3) is 0 Å². The van der Waals surface area contributed by atoms with Gasteiger partial charge in [-0.3, -0.25) is 0 Å². The Hall–Kier alpha value is -0.880. The molecule has 6 heteroatoms. The van der Waals surface area contributed by atoms with Gasteiger partial charge >= 0.3 is 0 Å². The molecule has 1 N–H and O–H groups in total. The fourth-order valence-corrected chi connectivity index (χ4v) is 4.63. The highest BCUT2D eigenvalue weighted by molar-refractivity contribution is 7.91. The van der Waals surface area contributed by atoms with E-state index in [-0.39, 0.29) is 11.8 Å². The third-order valence-electron chi connectivity index (χ3n) is 3.67. The summed E-state index contributed by atoms with van der Waals surface area (Å²) in [7, 11) is -2.83. The summed E-state index contributed by atoms with van der Waals surface area (Å²) in [6.45, 7) is 3.74. The number of rotatable bonds is 1. The summed E-state index contributed by atoms with van der Waals surface area (Å²) in [5, 5.41) is 3.29. The highest BCUT2D eigenvalue weighted by atomic mass is 32.2. The van der Waals surface area contributed by atoms with Crippen LogP contribution >= 0.6 is 0 Å². The maximum Gasteiger partial charge on any atom is 0.152 e. The molecule has 0 amide bonds. The smallest absolute Gasteiger partial charge is 0.152 e. The van der Waals surface area contributed by atoms with Crippen LogP contribution < -0.4 is 5.32 Å². The summed E-state index contributed by atoms with van der Waals surface area (Å²) < 4.78 is 25.3. The molecule has 2 aliphatic heterocycles. The predicted octanol–water partition coefficient (Wildman–Crippen LogP) is 0.197. The minimum absolute atomic E-state index is 0.106. The van der Waals surface area contributed by atoms with E-state index in [2.05, 4.69) is 14.9 Å². The van der Waals surface area contributed by atoms with Crippen molar-refractivity contribution in [2.75, 3.05) is 18.1 Å². The SMILES string of the molecule is Cc1nc2c(n1C1CCS(=O)(=O)C1)CCNC2. The molecular weight excluding hydrogens is 238 g/mol. The van der Waals surface area contributed by atoms with Gasteiger partial charge in [0.1, 0.15) is 5.82 Å². The molecule has 94 valence electrons. The number of imidazole rings is 1. The molecule has 0 saturated carbocycles. The van der Waals surface area contributed by atoms with Crippen LogP contribution in [0.15, 0.2) is 0 Å². The van der Waals surface area contributed by atoms with Gasteiger partial charge in [0.15, 0.2) is 9.84 Å². The number of fused-ring (bicyclic) bond motifs is 1. The van der Waals surface area contributed by atoms with Crippen LogP contribution in [0.3, 0.4) is 0 Å². The minimum Gasteiger partial charge on any atom is -0.328 e. The van der Waals surface area contributed by atoms with Gasteiger partial charge < -0.3 is 9.88 Å². The summed E-state index contributed by atoms with van der Waals surface area (Å²) >= 11 is 0. The van der Waals surface area contributed by atoms with Crippen LogP contribution in [0.1, 0.15) is 29.7 Å². The molecule has 1 atom stereocenters. The molecule has 1 unspecified atom stereocenters. The van der Waals surface area contributed by atoms with Crippen LogP contribution in [-0.4, -0.2) is 36.0 Å². The van der Waals surface area contributed by atoms with E-state index in [9.17, 15) is 8.42 Å².